The van der Waals surface area contributed by atoms with Gasteiger partial charge in [0.15, 0.2) is 0 Å². The van der Waals surface area contributed by atoms with Crippen LogP contribution in [-0.4, -0.2) is 24.2 Å². The highest BCUT2D eigenvalue weighted by molar-refractivity contribution is 6.30. The van der Waals surface area contributed by atoms with Crippen LogP contribution in [0.5, 0.6) is 0 Å². The highest BCUT2D eigenvalue weighted by Gasteiger charge is 1.88. The van der Waals surface area contributed by atoms with E-state index < -0.39 is 0 Å². The summed E-state index contributed by atoms with van der Waals surface area (Å²) in [4.78, 5) is 4.43. The fourth-order valence-corrected chi connectivity index (χ4v) is 0.363. The van der Waals surface area contributed by atoms with Crippen molar-refractivity contribution < 1.29 is 10.0 Å². The van der Waals surface area contributed by atoms with Gasteiger partial charge in [0, 0.05) is 0 Å². The molecule has 0 amide bonds. The lowest BCUT2D eigenvalue weighted by molar-refractivity contribution is 0.213. The average Bonchev–Trinajstić information content (AvgIpc) is 1.88. The summed E-state index contributed by atoms with van der Waals surface area (Å²) in [5, 5.41) is 14.4. The molecule has 0 aromatic carbocycles. The molecular weight excluding hydrogens is 120 g/mol. The first kappa shape index (κ1) is 7.94. The Morgan fingerprint density at radius 1 is 1.78 bits per heavy atom. The summed E-state index contributed by atoms with van der Waals surface area (Å²) in [7, 11) is 1.45. The van der Waals surface area contributed by atoms with Gasteiger partial charge in [-0.3, -0.25) is 0 Å². The third-order valence-electron chi connectivity index (χ3n) is 0.778. The monoisotopic (exact) mass is 130 g/mol. The van der Waals surface area contributed by atoms with Gasteiger partial charge in [-0.25, -0.2) is 0 Å². The highest BCUT2D eigenvalue weighted by Crippen LogP contribution is 1.82. The molecule has 0 aliphatic rings. The Morgan fingerprint density at radius 3 is 2.78 bits per heavy atom. The number of hydrogen-bond donors (Lipinski definition) is 1. The van der Waals surface area contributed by atoms with Gasteiger partial charge >= 0.3 is 0 Å². The van der Waals surface area contributed by atoms with Gasteiger partial charge in [-0.2, -0.15) is 0 Å². The lowest BCUT2D eigenvalue weighted by Crippen LogP contribution is -1.97. The molecular formula is C5H10N2O2. The normalized spacial score (nSPS) is 12.4. The van der Waals surface area contributed by atoms with E-state index in [0.717, 1.165) is 0 Å². The molecule has 0 heterocycles. The maximum atomic E-state index is 8.03. The molecule has 4 nitrogen and oxygen atoms in total. The van der Waals surface area contributed by atoms with E-state index in [1.165, 1.54) is 13.3 Å². The molecule has 0 aromatic heterocycles. The van der Waals surface area contributed by atoms with Crippen LogP contribution in [0.1, 0.15) is 13.3 Å². The van der Waals surface area contributed by atoms with Crippen molar-refractivity contribution in [2.24, 2.45) is 10.3 Å². The van der Waals surface area contributed by atoms with Crippen LogP contribution in [0.2, 0.25) is 0 Å². The summed E-state index contributed by atoms with van der Waals surface area (Å²) in [5.41, 5.74) is 0.611. The zero-order valence-corrected chi connectivity index (χ0v) is 5.53. The lowest BCUT2D eigenvalue weighted by Gasteiger charge is -1.90. The fourth-order valence-electron chi connectivity index (χ4n) is 0.363. The van der Waals surface area contributed by atoms with Crippen molar-refractivity contribution in [2.45, 2.75) is 13.3 Å². The summed E-state index contributed by atoms with van der Waals surface area (Å²) >= 11 is 0. The Balaban J connectivity index is 3.81. The molecule has 0 saturated heterocycles. The minimum atomic E-state index is 0.611. The van der Waals surface area contributed by atoms with Gasteiger partial charge in [-0.15, -0.1) is 0 Å². The third-order valence-corrected chi connectivity index (χ3v) is 0.778. The van der Waals surface area contributed by atoms with Gasteiger partial charge in [0.2, 0.25) is 0 Å². The van der Waals surface area contributed by atoms with Crippen LogP contribution in [0.25, 0.3) is 0 Å². The zero-order valence-electron chi connectivity index (χ0n) is 5.53. The number of oxime groups is 2. The first-order valence-corrected chi connectivity index (χ1v) is 2.62. The average molecular weight is 130 g/mol. The molecule has 52 valence electrons. The van der Waals surface area contributed by atoms with Crippen molar-refractivity contribution >= 4 is 11.9 Å². The third kappa shape index (κ3) is 3.52. The molecule has 0 rings (SSSR count). The van der Waals surface area contributed by atoms with Crippen LogP contribution >= 0.6 is 0 Å². The molecule has 0 bridgehead atoms. The van der Waals surface area contributed by atoms with Crippen molar-refractivity contribution in [1.29, 1.82) is 0 Å². The Morgan fingerprint density at radius 2 is 2.44 bits per heavy atom. The van der Waals surface area contributed by atoms with Gasteiger partial charge in [-0.1, -0.05) is 17.2 Å². The van der Waals surface area contributed by atoms with Crippen molar-refractivity contribution in [3.8, 4) is 0 Å². The van der Waals surface area contributed by atoms with Crippen LogP contribution in [0.15, 0.2) is 10.3 Å². The van der Waals surface area contributed by atoms with Crippen molar-refractivity contribution in [3.05, 3.63) is 0 Å². The first-order valence-electron chi connectivity index (χ1n) is 2.62. The summed E-state index contributed by atoms with van der Waals surface area (Å²) in [6, 6.07) is 0. The summed E-state index contributed by atoms with van der Waals surface area (Å²) in [6.07, 6.45) is 1.93. The fraction of sp³-hybridized carbons (Fsp3) is 0.600. The predicted octanol–water partition coefficient (Wildman–Crippen LogP) is 0.859. The van der Waals surface area contributed by atoms with E-state index in [4.69, 9.17) is 5.21 Å². The second-order valence-electron chi connectivity index (χ2n) is 1.36. The van der Waals surface area contributed by atoms with Gasteiger partial charge < -0.3 is 10.0 Å². The Kier molecular flexibility index (Phi) is 4.49. The summed E-state index contributed by atoms with van der Waals surface area (Å²) in [5.74, 6) is 0. The zero-order chi connectivity index (χ0) is 7.11. The molecule has 9 heavy (non-hydrogen) atoms. The number of nitrogens with zero attached hydrogens (tertiary/aromatic N) is 2. The molecule has 0 unspecified atom stereocenters. The Bertz CT molecular complexity index is 120. The van der Waals surface area contributed by atoms with E-state index in [1.807, 2.05) is 6.92 Å². The van der Waals surface area contributed by atoms with E-state index in [2.05, 4.69) is 15.1 Å². The van der Waals surface area contributed by atoms with E-state index in [0.29, 0.717) is 12.1 Å². The van der Waals surface area contributed by atoms with Crippen LogP contribution in [-0.2, 0) is 4.84 Å². The molecule has 0 aliphatic heterocycles. The van der Waals surface area contributed by atoms with Gasteiger partial charge in [-0.05, 0) is 6.42 Å². The topological polar surface area (TPSA) is 54.2 Å². The molecule has 4 heteroatoms. The molecule has 0 aromatic rings. The Hall–Kier alpha value is -1.06. The van der Waals surface area contributed by atoms with E-state index in [1.54, 1.807) is 0 Å². The summed E-state index contributed by atoms with van der Waals surface area (Å²) in [6.45, 7) is 1.89. The van der Waals surface area contributed by atoms with Crippen molar-refractivity contribution in [2.75, 3.05) is 7.11 Å². The van der Waals surface area contributed by atoms with Gasteiger partial charge in [0.05, 0.1) is 6.21 Å². The van der Waals surface area contributed by atoms with Crippen molar-refractivity contribution in [1.82, 2.24) is 0 Å². The maximum Gasteiger partial charge on any atom is 0.106 e. The number of rotatable bonds is 3. The molecule has 1 N–H and O–H groups in total. The molecule has 0 spiro atoms. The lowest BCUT2D eigenvalue weighted by atomic mass is 10.3. The SMILES string of the molecule is CCC(C=NO)=NOC. The molecule has 0 radical (unpaired) electrons. The largest absolute Gasteiger partial charge is 0.411 e. The second-order valence-corrected chi connectivity index (χ2v) is 1.36. The predicted molar refractivity (Wildman–Crippen MR) is 35.0 cm³/mol. The maximum absolute atomic E-state index is 8.03. The molecule has 0 atom stereocenters. The van der Waals surface area contributed by atoms with E-state index >= 15 is 0 Å². The second kappa shape index (κ2) is 5.08. The first-order chi connectivity index (χ1) is 4.35. The van der Waals surface area contributed by atoms with Crippen LogP contribution < -0.4 is 0 Å². The highest BCUT2D eigenvalue weighted by atomic mass is 16.6. The molecule has 0 aliphatic carbocycles. The standard InChI is InChI=1S/C5H10N2O2/c1-3-5(4-6-8)7-9-2/h4,8H,3H2,1-2H3. The van der Waals surface area contributed by atoms with E-state index in [9.17, 15) is 0 Å². The minimum absolute atomic E-state index is 0.611. The van der Waals surface area contributed by atoms with E-state index in [-0.39, 0.29) is 0 Å². The van der Waals surface area contributed by atoms with Crippen LogP contribution in [0, 0.1) is 0 Å². The van der Waals surface area contributed by atoms with Crippen molar-refractivity contribution in [3.63, 3.8) is 0 Å². The number of hydrogen-bond acceptors (Lipinski definition) is 4. The van der Waals surface area contributed by atoms with Gasteiger partial charge in [0.25, 0.3) is 0 Å². The summed E-state index contributed by atoms with van der Waals surface area (Å²) < 4.78 is 0. The minimum Gasteiger partial charge on any atom is -0.411 e. The molecule has 0 fully saturated rings. The molecule has 0 saturated carbocycles. The smallest absolute Gasteiger partial charge is 0.106 e. The van der Waals surface area contributed by atoms with Gasteiger partial charge in [0.1, 0.15) is 12.8 Å². The quantitative estimate of drug-likeness (QED) is 0.350. The van der Waals surface area contributed by atoms with Crippen LogP contribution in [0.3, 0.4) is 0 Å². The van der Waals surface area contributed by atoms with Crippen LogP contribution in [0.4, 0.5) is 0 Å². The Labute approximate surface area is 53.8 Å².